The molecule has 4 fully saturated rings. The number of amides is 2. The zero-order valence-electron chi connectivity index (χ0n) is 19.2. The number of esters is 1. The first-order valence-electron chi connectivity index (χ1n) is 11.7. The molecule has 3 saturated carbocycles. The van der Waals surface area contributed by atoms with E-state index in [9.17, 15) is 14.4 Å². The highest BCUT2D eigenvalue weighted by molar-refractivity contribution is 5.92. The van der Waals surface area contributed by atoms with Crippen molar-refractivity contribution in [2.45, 2.75) is 90.6 Å². The summed E-state index contributed by atoms with van der Waals surface area (Å²) in [5, 5.41) is 6.14. The van der Waals surface area contributed by atoms with Crippen molar-refractivity contribution in [2.75, 3.05) is 7.11 Å². The molecule has 2 amide bonds. The van der Waals surface area contributed by atoms with Crippen molar-refractivity contribution >= 4 is 17.8 Å². The normalized spacial score (nSPS) is 43.0. The third-order valence-corrected chi connectivity index (χ3v) is 9.48. The lowest BCUT2D eigenvalue weighted by molar-refractivity contribution is -0.161. The number of carbonyl (C=O) groups is 3. The molecule has 2 unspecified atom stereocenters. The molecule has 0 radical (unpaired) electrons. The highest BCUT2D eigenvalue weighted by atomic mass is 16.5. The molecule has 4 aliphatic rings. The van der Waals surface area contributed by atoms with Crippen LogP contribution in [0.3, 0.4) is 0 Å². The summed E-state index contributed by atoms with van der Waals surface area (Å²) in [6, 6.07) is 0.0303. The highest BCUT2D eigenvalue weighted by Crippen LogP contribution is 2.64. The summed E-state index contributed by atoms with van der Waals surface area (Å²) in [5.41, 5.74) is -0.944. The van der Waals surface area contributed by atoms with Gasteiger partial charge in [0.25, 0.3) is 0 Å². The van der Waals surface area contributed by atoms with E-state index >= 15 is 0 Å². The number of piperidine rings is 1. The van der Waals surface area contributed by atoms with Crippen molar-refractivity contribution in [3.8, 4) is 0 Å². The van der Waals surface area contributed by atoms with Crippen LogP contribution >= 0.6 is 0 Å². The van der Waals surface area contributed by atoms with Gasteiger partial charge in [0.1, 0.15) is 5.54 Å². The number of methoxy groups -OCH3 is 1. The summed E-state index contributed by atoms with van der Waals surface area (Å²) in [5.74, 6) is 0.678. The summed E-state index contributed by atoms with van der Waals surface area (Å²) in [4.78, 5) is 38.2. The zero-order chi connectivity index (χ0) is 21.9. The van der Waals surface area contributed by atoms with E-state index in [1.165, 1.54) is 32.8 Å². The molecule has 1 heterocycles. The topological polar surface area (TPSA) is 84.5 Å². The Hall–Kier alpha value is -1.59. The maximum absolute atomic E-state index is 13.5. The monoisotopic (exact) mass is 418 g/mol. The van der Waals surface area contributed by atoms with Gasteiger partial charge in [-0.05, 0) is 75.5 Å². The third-order valence-electron chi connectivity index (χ3n) is 9.48. The van der Waals surface area contributed by atoms with Crippen molar-refractivity contribution in [1.82, 2.24) is 10.6 Å². The molecule has 2 N–H and O–H groups in total. The second-order valence-electron chi connectivity index (χ2n) is 11.4. The first-order chi connectivity index (χ1) is 14.0. The van der Waals surface area contributed by atoms with Crippen LogP contribution < -0.4 is 10.6 Å². The largest absolute Gasteiger partial charge is 0.467 e. The minimum absolute atomic E-state index is 0.0303. The van der Waals surface area contributed by atoms with Crippen LogP contribution in [0.25, 0.3) is 0 Å². The van der Waals surface area contributed by atoms with E-state index in [0.29, 0.717) is 17.3 Å². The lowest BCUT2D eigenvalue weighted by Gasteiger charge is -2.61. The van der Waals surface area contributed by atoms with Gasteiger partial charge in [0.2, 0.25) is 11.8 Å². The van der Waals surface area contributed by atoms with Crippen molar-refractivity contribution in [3.05, 3.63) is 0 Å². The summed E-state index contributed by atoms with van der Waals surface area (Å²) >= 11 is 0. The molecule has 1 saturated heterocycles. The lowest BCUT2D eigenvalue weighted by atomic mass is 9.45. The summed E-state index contributed by atoms with van der Waals surface area (Å²) in [7, 11) is 1.33. The zero-order valence-corrected chi connectivity index (χ0v) is 19.2. The molecule has 0 aromatic rings. The minimum atomic E-state index is -1.11. The molecule has 0 bridgehead atoms. The molecular weight excluding hydrogens is 380 g/mol. The Morgan fingerprint density at radius 2 is 1.83 bits per heavy atom. The maximum Gasteiger partial charge on any atom is 0.330 e. The Labute approximate surface area is 180 Å². The van der Waals surface area contributed by atoms with Gasteiger partial charge in [-0.1, -0.05) is 20.3 Å². The molecule has 168 valence electrons. The van der Waals surface area contributed by atoms with Gasteiger partial charge in [-0.2, -0.15) is 0 Å². The van der Waals surface area contributed by atoms with Crippen molar-refractivity contribution < 1.29 is 19.1 Å². The van der Waals surface area contributed by atoms with Gasteiger partial charge in [0.05, 0.1) is 13.0 Å². The SMILES string of the molecule is COC(=O)C(C)(C)NC(=O)C1CC(=O)NC2CC[C@@H]3[C@@H](CC[C@]4(C)CCC[C@@H]34)[C@]21C. The molecule has 0 aromatic heterocycles. The molecular formula is C24H38N2O4. The first kappa shape index (κ1) is 21.6. The number of nitrogens with one attached hydrogen (secondary N) is 2. The molecule has 30 heavy (non-hydrogen) atoms. The van der Waals surface area contributed by atoms with E-state index in [2.05, 4.69) is 24.5 Å². The second-order valence-corrected chi connectivity index (χ2v) is 11.4. The standard InChI is InChI=1S/C24H38N2O4/c1-22(2,21(29)30-5)26-20(28)17-13-19(27)25-18-9-8-14-15-7-6-11-23(15,3)12-10-16(14)24(17,18)4/h14-18H,6-13H2,1-5H3,(H,25,27)(H,26,28)/t14-,15-,16+,17?,18?,23-,24-/m0/s1. The van der Waals surface area contributed by atoms with Gasteiger partial charge in [0.15, 0.2) is 0 Å². The van der Waals surface area contributed by atoms with E-state index < -0.39 is 17.4 Å². The molecule has 1 aliphatic heterocycles. The van der Waals surface area contributed by atoms with E-state index in [4.69, 9.17) is 4.74 Å². The van der Waals surface area contributed by atoms with Crippen LogP contribution in [-0.2, 0) is 19.1 Å². The van der Waals surface area contributed by atoms with Crippen LogP contribution in [0, 0.1) is 34.5 Å². The van der Waals surface area contributed by atoms with Crippen LogP contribution in [0.2, 0.25) is 0 Å². The predicted octanol–water partition coefficient (Wildman–Crippen LogP) is 3.19. The fourth-order valence-electron chi connectivity index (χ4n) is 7.85. The number of hydrogen-bond donors (Lipinski definition) is 2. The number of ether oxygens (including phenoxy) is 1. The van der Waals surface area contributed by atoms with Crippen molar-refractivity contribution in [2.24, 2.45) is 34.5 Å². The van der Waals surface area contributed by atoms with E-state index in [0.717, 1.165) is 25.2 Å². The van der Waals surface area contributed by atoms with Gasteiger partial charge < -0.3 is 15.4 Å². The van der Waals surface area contributed by atoms with Crippen LogP contribution in [0.15, 0.2) is 0 Å². The number of hydrogen-bond acceptors (Lipinski definition) is 4. The smallest absolute Gasteiger partial charge is 0.330 e. The lowest BCUT2D eigenvalue weighted by Crippen LogP contribution is -2.67. The number of rotatable bonds is 3. The molecule has 0 aromatic carbocycles. The number of fused-ring (bicyclic) bond motifs is 5. The fourth-order valence-corrected chi connectivity index (χ4v) is 7.85. The van der Waals surface area contributed by atoms with E-state index in [-0.39, 0.29) is 29.7 Å². The van der Waals surface area contributed by atoms with E-state index in [1.807, 2.05) is 0 Å². The summed E-state index contributed by atoms with van der Waals surface area (Å²) in [6.45, 7) is 8.03. The minimum Gasteiger partial charge on any atom is -0.467 e. The third kappa shape index (κ3) is 3.16. The van der Waals surface area contributed by atoms with E-state index in [1.54, 1.807) is 13.8 Å². The quantitative estimate of drug-likeness (QED) is 0.690. The van der Waals surface area contributed by atoms with Crippen LogP contribution in [0.5, 0.6) is 0 Å². The average molecular weight is 419 g/mol. The summed E-state index contributed by atoms with van der Waals surface area (Å²) in [6.07, 6.45) is 8.58. The fraction of sp³-hybridized carbons (Fsp3) is 0.875. The average Bonchev–Trinajstić information content (AvgIpc) is 3.08. The molecule has 0 spiro atoms. The molecule has 6 nitrogen and oxygen atoms in total. The van der Waals surface area contributed by atoms with Gasteiger partial charge in [-0.25, -0.2) is 4.79 Å². The van der Waals surface area contributed by atoms with Crippen molar-refractivity contribution in [1.29, 1.82) is 0 Å². The maximum atomic E-state index is 13.5. The Kier molecular flexibility index (Phi) is 5.22. The molecule has 4 rings (SSSR count). The molecule has 7 atom stereocenters. The molecule has 6 heteroatoms. The van der Waals surface area contributed by atoms with Crippen LogP contribution in [0.4, 0.5) is 0 Å². The van der Waals surface area contributed by atoms with Gasteiger partial charge in [-0.3, -0.25) is 9.59 Å². The number of carbonyl (C=O) groups excluding carboxylic acids is 3. The predicted molar refractivity (Wildman–Crippen MR) is 113 cm³/mol. The van der Waals surface area contributed by atoms with Gasteiger partial charge in [0, 0.05) is 17.9 Å². The Bertz CT molecular complexity index is 749. The Morgan fingerprint density at radius 1 is 1.10 bits per heavy atom. The Morgan fingerprint density at radius 3 is 2.53 bits per heavy atom. The Balaban J connectivity index is 1.65. The van der Waals surface area contributed by atoms with Crippen LogP contribution in [-0.4, -0.2) is 36.5 Å². The molecule has 3 aliphatic carbocycles. The van der Waals surface area contributed by atoms with Crippen LogP contribution in [0.1, 0.15) is 79.1 Å². The second kappa shape index (κ2) is 7.23. The van der Waals surface area contributed by atoms with Gasteiger partial charge in [-0.15, -0.1) is 0 Å². The van der Waals surface area contributed by atoms with Crippen molar-refractivity contribution in [3.63, 3.8) is 0 Å². The van der Waals surface area contributed by atoms with Gasteiger partial charge >= 0.3 is 5.97 Å². The summed E-state index contributed by atoms with van der Waals surface area (Å²) < 4.78 is 4.87. The first-order valence-corrected chi connectivity index (χ1v) is 11.7. The highest BCUT2D eigenvalue weighted by Gasteiger charge is 2.62.